The number of amides is 1. The Kier molecular flexibility index (Phi) is 5.57. The van der Waals surface area contributed by atoms with Gasteiger partial charge in [0.15, 0.2) is 0 Å². The average molecular weight is 279 g/mol. The van der Waals surface area contributed by atoms with E-state index in [4.69, 9.17) is 5.73 Å². The van der Waals surface area contributed by atoms with Crippen molar-refractivity contribution in [1.29, 1.82) is 0 Å². The minimum absolute atomic E-state index is 0.0214. The molecule has 0 aliphatic rings. The number of hydrogen-bond acceptors (Lipinski definition) is 5. The summed E-state index contributed by atoms with van der Waals surface area (Å²) in [6.45, 7) is 2.80. The smallest absolute Gasteiger partial charge is 0.270 e. The van der Waals surface area contributed by atoms with Gasteiger partial charge in [-0.25, -0.2) is 0 Å². The van der Waals surface area contributed by atoms with Crippen LogP contribution in [0.2, 0.25) is 0 Å². The quantitative estimate of drug-likeness (QED) is 0.469. The minimum atomic E-state index is -0.779. The van der Waals surface area contributed by atoms with E-state index in [1.165, 1.54) is 12.1 Å². The van der Waals surface area contributed by atoms with Gasteiger partial charge in [0.05, 0.1) is 10.5 Å². The number of benzene rings is 1. The Labute approximate surface area is 116 Å². The van der Waals surface area contributed by atoms with Gasteiger partial charge in [-0.05, 0) is 12.5 Å². The number of unbranched alkanes of at least 4 members (excludes halogenated alkanes) is 1. The molecule has 1 aromatic carbocycles. The minimum Gasteiger partial charge on any atom is -0.366 e. The van der Waals surface area contributed by atoms with Gasteiger partial charge >= 0.3 is 0 Å². The molecule has 0 aliphatic carbocycles. The van der Waals surface area contributed by atoms with Crippen LogP contribution in [0.25, 0.3) is 0 Å². The largest absolute Gasteiger partial charge is 0.366 e. The Morgan fingerprint density at radius 3 is 2.75 bits per heavy atom. The zero-order chi connectivity index (χ0) is 15.1. The van der Waals surface area contributed by atoms with E-state index in [9.17, 15) is 14.9 Å². The Bertz CT molecular complexity index is 530. The maximum absolute atomic E-state index is 11.3. The fourth-order valence-electron chi connectivity index (χ4n) is 1.48. The third-order valence-electron chi connectivity index (χ3n) is 2.60. The first-order chi connectivity index (χ1) is 9.45. The lowest BCUT2D eigenvalue weighted by molar-refractivity contribution is -0.384. The Morgan fingerprint density at radius 1 is 1.50 bits per heavy atom. The second-order valence-electron chi connectivity index (χ2n) is 4.25. The first-order valence-electron chi connectivity index (χ1n) is 6.16. The van der Waals surface area contributed by atoms with E-state index < -0.39 is 10.8 Å². The van der Waals surface area contributed by atoms with Crippen LogP contribution >= 0.6 is 0 Å². The molecule has 0 aliphatic heterocycles. The van der Waals surface area contributed by atoms with Crippen molar-refractivity contribution in [2.24, 2.45) is 16.1 Å². The fourth-order valence-corrected chi connectivity index (χ4v) is 1.48. The van der Waals surface area contributed by atoms with E-state index in [2.05, 4.69) is 17.3 Å². The normalized spacial score (nSPS) is 10.7. The summed E-state index contributed by atoms with van der Waals surface area (Å²) >= 11 is 0. The highest BCUT2D eigenvalue weighted by atomic mass is 16.6. The molecule has 20 heavy (non-hydrogen) atoms. The first kappa shape index (κ1) is 15.5. The molecule has 8 heteroatoms. The summed E-state index contributed by atoms with van der Waals surface area (Å²) in [5.74, 6) is -0.779. The lowest BCUT2D eigenvalue weighted by Gasteiger charge is -2.10. The second-order valence-corrected chi connectivity index (χ2v) is 4.25. The van der Waals surface area contributed by atoms with Crippen LogP contribution in [-0.2, 0) is 0 Å². The number of carbonyl (C=O) groups is 1. The van der Waals surface area contributed by atoms with Gasteiger partial charge in [0.1, 0.15) is 5.69 Å². The maximum atomic E-state index is 11.3. The number of primary amides is 1. The third kappa shape index (κ3) is 4.30. The molecule has 0 aromatic heterocycles. The van der Waals surface area contributed by atoms with Gasteiger partial charge in [0, 0.05) is 25.7 Å². The van der Waals surface area contributed by atoms with Gasteiger partial charge in [-0.15, -0.1) is 5.11 Å². The number of nitrogens with two attached hydrogens (primary N) is 1. The van der Waals surface area contributed by atoms with Crippen molar-refractivity contribution in [1.82, 2.24) is 5.01 Å². The monoisotopic (exact) mass is 279 g/mol. The average Bonchev–Trinajstić information content (AvgIpc) is 2.42. The van der Waals surface area contributed by atoms with E-state index in [-0.39, 0.29) is 16.9 Å². The molecule has 0 saturated heterocycles. The summed E-state index contributed by atoms with van der Waals surface area (Å²) in [6, 6.07) is 3.71. The molecule has 2 N–H and O–H groups in total. The summed E-state index contributed by atoms with van der Waals surface area (Å²) in [5, 5.41) is 20.1. The number of carbonyl (C=O) groups excluding carboxylic acids is 1. The molecule has 0 fully saturated rings. The topological polar surface area (TPSA) is 114 Å². The van der Waals surface area contributed by atoms with Gasteiger partial charge in [-0.3, -0.25) is 19.9 Å². The molecular formula is C12H17N5O3. The van der Waals surface area contributed by atoms with Crippen molar-refractivity contribution in [2.75, 3.05) is 13.6 Å². The van der Waals surface area contributed by atoms with Crippen molar-refractivity contribution in [3.63, 3.8) is 0 Å². The SMILES string of the molecule is CCCCN(C)N=Nc1ccc([N+](=O)[O-])cc1C(N)=O. The van der Waals surface area contributed by atoms with Crippen LogP contribution in [0.5, 0.6) is 0 Å². The van der Waals surface area contributed by atoms with Crippen molar-refractivity contribution in [2.45, 2.75) is 19.8 Å². The lowest BCUT2D eigenvalue weighted by atomic mass is 10.1. The Hall–Kier alpha value is -2.51. The number of nitro benzene ring substituents is 1. The molecule has 0 radical (unpaired) electrons. The van der Waals surface area contributed by atoms with Crippen LogP contribution in [0.3, 0.4) is 0 Å². The third-order valence-corrected chi connectivity index (χ3v) is 2.60. The molecular weight excluding hydrogens is 262 g/mol. The summed E-state index contributed by atoms with van der Waals surface area (Å²) in [6.07, 6.45) is 2.00. The zero-order valence-corrected chi connectivity index (χ0v) is 11.4. The van der Waals surface area contributed by atoms with Crippen LogP contribution in [-0.4, -0.2) is 29.4 Å². The van der Waals surface area contributed by atoms with Crippen LogP contribution in [0, 0.1) is 10.1 Å². The Morgan fingerprint density at radius 2 is 2.20 bits per heavy atom. The molecule has 1 amide bonds. The van der Waals surface area contributed by atoms with E-state index in [0.29, 0.717) is 0 Å². The summed E-state index contributed by atoms with van der Waals surface area (Å²) < 4.78 is 0. The highest BCUT2D eigenvalue weighted by molar-refractivity contribution is 5.98. The van der Waals surface area contributed by atoms with Crippen LogP contribution in [0.4, 0.5) is 11.4 Å². The molecule has 8 nitrogen and oxygen atoms in total. The molecule has 0 heterocycles. The van der Waals surface area contributed by atoms with Crippen LogP contribution in [0.1, 0.15) is 30.1 Å². The van der Waals surface area contributed by atoms with Crippen molar-refractivity contribution in [3.8, 4) is 0 Å². The molecule has 1 aromatic rings. The van der Waals surface area contributed by atoms with E-state index in [1.54, 1.807) is 12.1 Å². The molecule has 0 unspecified atom stereocenters. The van der Waals surface area contributed by atoms with Gasteiger partial charge in [-0.1, -0.05) is 18.6 Å². The van der Waals surface area contributed by atoms with Gasteiger partial charge in [-0.2, -0.15) is 0 Å². The highest BCUT2D eigenvalue weighted by Gasteiger charge is 2.14. The second kappa shape index (κ2) is 7.17. The van der Waals surface area contributed by atoms with Gasteiger partial charge < -0.3 is 5.73 Å². The van der Waals surface area contributed by atoms with Crippen molar-refractivity contribution < 1.29 is 9.72 Å². The van der Waals surface area contributed by atoms with E-state index in [1.807, 2.05) is 0 Å². The summed E-state index contributed by atoms with van der Waals surface area (Å²) in [7, 11) is 1.76. The number of hydrogen-bond donors (Lipinski definition) is 1. The number of rotatable bonds is 7. The number of non-ortho nitro benzene ring substituents is 1. The standard InChI is InChI=1S/C12H17N5O3/c1-3-4-7-16(2)15-14-11-6-5-9(17(19)20)8-10(11)12(13)18/h5-6,8H,3-4,7H2,1-2H3,(H2,13,18). The van der Waals surface area contributed by atoms with Crippen molar-refractivity contribution >= 4 is 17.3 Å². The maximum Gasteiger partial charge on any atom is 0.270 e. The molecule has 108 valence electrons. The zero-order valence-electron chi connectivity index (χ0n) is 11.4. The summed E-state index contributed by atoms with van der Waals surface area (Å²) in [5.41, 5.74) is 5.18. The molecule has 0 atom stereocenters. The van der Waals surface area contributed by atoms with Crippen LogP contribution in [0.15, 0.2) is 28.5 Å². The molecule has 0 spiro atoms. The summed E-state index contributed by atoms with van der Waals surface area (Å²) in [4.78, 5) is 21.4. The van der Waals surface area contributed by atoms with E-state index in [0.717, 1.165) is 25.5 Å². The van der Waals surface area contributed by atoms with Gasteiger partial charge in [0.2, 0.25) is 0 Å². The highest BCUT2D eigenvalue weighted by Crippen LogP contribution is 2.24. The fraction of sp³-hybridized carbons (Fsp3) is 0.417. The van der Waals surface area contributed by atoms with E-state index >= 15 is 0 Å². The predicted octanol–water partition coefficient (Wildman–Crippen LogP) is 2.42. The molecule has 1 rings (SSSR count). The first-order valence-corrected chi connectivity index (χ1v) is 6.16. The Balaban J connectivity index is 2.97. The lowest BCUT2D eigenvalue weighted by Crippen LogP contribution is -2.13. The number of nitro groups is 1. The van der Waals surface area contributed by atoms with Crippen LogP contribution < -0.4 is 5.73 Å². The molecule has 0 bridgehead atoms. The predicted molar refractivity (Wildman–Crippen MR) is 73.7 cm³/mol. The van der Waals surface area contributed by atoms with Crippen molar-refractivity contribution in [3.05, 3.63) is 33.9 Å². The number of nitrogens with zero attached hydrogens (tertiary/aromatic N) is 4. The molecule has 0 saturated carbocycles. The van der Waals surface area contributed by atoms with Gasteiger partial charge in [0.25, 0.3) is 11.6 Å².